The van der Waals surface area contributed by atoms with Gasteiger partial charge in [0.05, 0.1) is 76.3 Å². The summed E-state index contributed by atoms with van der Waals surface area (Å²) in [6, 6.07) is 11.1. The Morgan fingerprint density at radius 2 is 1.56 bits per heavy atom. The van der Waals surface area contributed by atoms with Crippen molar-refractivity contribution in [2.45, 2.75) is 70.5 Å². The summed E-state index contributed by atoms with van der Waals surface area (Å²) in [7, 11) is 0. The van der Waals surface area contributed by atoms with Crippen LogP contribution >= 0.6 is 0 Å². The van der Waals surface area contributed by atoms with Crippen molar-refractivity contribution in [1.29, 1.82) is 0 Å². The van der Waals surface area contributed by atoms with Crippen LogP contribution in [0.5, 0.6) is 5.75 Å². The Labute approximate surface area is 339 Å². The normalized spacial score (nSPS) is 15.1. The van der Waals surface area contributed by atoms with E-state index in [9.17, 15) is 28.8 Å². The number of hydrogen-bond acceptors (Lipinski definition) is 15. The van der Waals surface area contributed by atoms with Crippen LogP contribution in [0.3, 0.4) is 0 Å². The summed E-state index contributed by atoms with van der Waals surface area (Å²) in [5.41, 5.74) is 6.28. The number of aromatic nitrogens is 3. The van der Waals surface area contributed by atoms with Crippen LogP contribution in [-0.2, 0) is 46.5 Å². The standard InChI is InChI=1S/C39H49N9O11/c49-33-15-14-32(37(52)42-33)48-38(53)30-6-5-7-31(36(30)39(48)54)40-25-28-26-47(46-43-28)16-17-56-18-19-57-20-21-58-22-23-59-29-12-10-27(11-13-29)24-41-44-34(50)8-3-1-2-4-9-35(51)45-55/h5-7,10-13,24,26,32,40,55H,1-4,8-9,14-23,25H2,(H,44,50)(H,45,51)(H,42,49,52)/b41-24+. The number of unbranched alkanes of at least 4 members (excludes halogenated alkanes) is 3. The fourth-order valence-corrected chi connectivity index (χ4v) is 6.16. The fourth-order valence-electron chi connectivity index (χ4n) is 6.16. The molecule has 5 rings (SSSR count). The monoisotopic (exact) mass is 819 g/mol. The molecule has 20 heteroatoms. The van der Waals surface area contributed by atoms with Crippen molar-refractivity contribution in [1.82, 2.24) is 36.1 Å². The van der Waals surface area contributed by atoms with E-state index in [4.69, 9.17) is 24.2 Å². The maximum absolute atomic E-state index is 13.3. The maximum Gasteiger partial charge on any atom is 0.264 e. The van der Waals surface area contributed by atoms with Gasteiger partial charge in [-0.1, -0.05) is 24.1 Å². The molecule has 3 aromatic rings. The van der Waals surface area contributed by atoms with E-state index in [0.29, 0.717) is 89.2 Å². The summed E-state index contributed by atoms with van der Waals surface area (Å²) < 4.78 is 24.1. The van der Waals surface area contributed by atoms with Crippen molar-refractivity contribution >= 4 is 47.3 Å². The lowest BCUT2D eigenvalue weighted by molar-refractivity contribution is -0.136. The molecule has 2 aliphatic rings. The molecule has 0 saturated carbocycles. The van der Waals surface area contributed by atoms with Gasteiger partial charge in [0.1, 0.15) is 24.1 Å². The molecule has 5 N–H and O–H groups in total. The second-order valence-corrected chi connectivity index (χ2v) is 13.5. The number of nitrogens with one attached hydrogen (secondary N) is 4. The number of fused-ring (bicyclic) bond motifs is 1. The minimum atomic E-state index is -1.04. The summed E-state index contributed by atoms with van der Waals surface area (Å²) in [5, 5.41) is 26.1. The molecule has 59 heavy (non-hydrogen) atoms. The van der Waals surface area contributed by atoms with Gasteiger partial charge in [0.15, 0.2) is 0 Å². The molecule has 0 bridgehead atoms. The topological polar surface area (TPSA) is 254 Å². The van der Waals surface area contributed by atoms with Crippen molar-refractivity contribution in [2.24, 2.45) is 5.10 Å². The number of amides is 6. The number of hydrogen-bond donors (Lipinski definition) is 5. The van der Waals surface area contributed by atoms with Gasteiger partial charge in [-0.3, -0.25) is 44.2 Å². The molecule has 2 aromatic carbocycles. The molecule has 0 aliphatic carbocycles. The summed E-state index contributed by atoms with van der Waals surface area (Å²) >= 11 is 0. The van der Waals surface area contributed by atoms with Crippen LogP contribution in [0, 0.1) is 0 Å². The molecule has 1 aromatic heterocycles. The SMILES string of the molecule is O=C(CCCCCCC(=O)N/N=C/c1ccc(OCCOCCOCCOCCn2cc(CNc3cccc4c3C(=O)N(C3CCC(=O)NC3=O)C4=O)nn2)cc1)NO. The molecule has 3 heterocycles. The number of nitrogens with zero attached hydrogens (tertiary/aromatic N) is 5. The van der Waals surface area contributed by atoms with Crippen molar-refractivity contribution in [3.8, 4) is 5.75 Å². The highest BCUT2D eigenvalue weighted by Gasteiger charge is 2.45. The van der Waals surface area contributed by atoms with Crippen LogP contribution < -0.4 is 26.3 Å². The number of benzene rings is 2. The average molecular weight is 820 g/mol. The quantitative estimate of drug-likeness (QED) is 0.0254. The molecule has 1 unspecified atom stereocenters. The number of imide groups is 2. The maximum atomic E-state index is 13.3. The second-order valence-electron chi connectivity index (χ2n) is 13.5. The highest BCUT2D eigenvalue weighted by Crippen LogP contribution is 2.32. The van der Waals surface area contributed by atoms with Gasteiger partial charge in [-0.15, -0.1) is 5.10 Å². The van der Waals surface area contributed by atoms with Crippen LogP contribution in [0.1, 0.15) is 83.3 Å². The van der Waals surface area contributed by atoms with Gasteiger partial charge >= 0.3 is 0 Å². The van der Waals surface area contributed by atoms with Crippen molar-refractivity contribution in [2.75, 3.05) is 51.6 Å². The van der Waals surface area contributed by atoms with Gasteiger partial charge in [-0.05, 0) is 61.2 Å². The lowest BCUT2D eigenvalue weighted by Crippen LogP contribution is -2.54. The highest BCUT2D eigenvalue weighted by molar-refractivity contribution is 6.25. The third-order valence-corrected chi connectivity index (χ3v) is 9.18. The van der Waals surface area contributed by atoms with Crippen LogP contribution in [0.25, 0.3) is 0 Å². The first kappa shape index (κ1) is 44.0. The van der Waals surface area contributed by atoms with Gasteiger partial charge in [0, 0.05) is 24.9 Å². The molecule has 6 amide bonds. The number of anilines is 1. The van der Waals surface area contributed by atoms with Crippen LogP contribution in [0.4, 0.5) is 5.69 Å². The molecular weight excluding hydrogens is 770 g/mol. The van der Waals surface area contributed by atoms with Crippen LogP contribution in [-0.4, -0.2) is 119 Å². The molecule has 1 atom stereocenters. The van der Waals surface area contributed by atoms with E-state index >= 15 is 0 Å². The molecule has 1 saturated heterocycles. The molecule has 1 fully saturated rings. The summed E-state index contributed by atoms with van der Waals surface area (Å²) in [6.07, 6.45) is 6.98. The molecular formula is C39H49N9O11. The Morgan fingerprint density at radius 1 is 0.864 bits per heavy atom. The van der Waals surface area contributed by atoms with Crippen LogP contribution in [0.2, 0.25) is 0 Å². The second kappa shape index (κ2) is 23.3. The zero-order chi connectivity index (χ0) is 41.8. The molecule has 0 radical (unpaired) electrons. The number of piperidine rings is 1. The van der Waals surface area contributed by atoms with Gasteiger partial charge in [0.2, 0.25) is 23.6 Å². The fraction of sp³-hybridized carbons (Fsp3) is 0.462. The van der Waals surface area contributed by atoms with Crippen molar-refractivity contribution in [3.05, 3.63) is 71.0 Å². The number of carbonyl (C=O) groups excluding carboxylic acids is 6. The van der Waals surface area contributed by atoms with E-state index in [1.54, 1.807) is 46.8 Å². The van der Waals surface area contributed by atoms with Crippen molar-refractivity contribution in [3.63, 3.8) is 0 Å². The van der Waals surface area contributed by atoms with E-state index in [1.165, 1.54) is 6.07 Å². The Hall–Kier alpha value is -6.09. The highest BCUT2D eigenvalue weighted by atomic mass is 16.6. The number of hydroxylamine groups is 1. The minimum Gasteiger partial charge on any atom is -0.491 e. The third kappa shape index (κ3) is 13.8. The number of rotatable bonds is 26. The first-order chi connectivity index (χ1) is 28.7. The molecule has 20 nitrogen and oxygen atoms in total. The van der Waals surface area contributed by atoms with Gasteiger partial charge in [-0.25, -0.2) is 15.6 Å². The van der Waals surface area contributed by atoms with Crippen molar-refractivity contribution < 1.29 is 52.9 Å². The van der Waals surface area contributed by atoms with E-state index in [1.807, 2.05) is 12.1 Å². The third-order valence-electron chi connectivity index (χ3n) is 9.18. The summed E-state index contributed by atoms with van der Waals surface area (Å²) in [6.45, 7) is 3.40. The molecule has 2 aliphatic heterocycles. The summed E-state index contributed by atoms with van der Waals surface area (Å²) in [5.74, 6) is -2.18. The van der Waals surface area contributed by atoms with Gasteiger partial charge < -0.3 is 24.3 Å². The predicted octanol–water partition coefficient (Wildman–Crippen LogP) is 1.72. The first-order valence-electron chi connectivity index (χ1n) is 19.4. The Morgan fingerprint density at radius 3 is 2.27 bits per heavy atom. The average Bonchev–Trinajstić information content (AvgIpc) is 3.80. The molecule has 0 spiro atoms. The van der Waals surface area contributed by atoms with E-state index < -0.39 is 35.6 Å². The number of carbonyl (C=O) groups is 6. The lowest BCUT2D eigenvalue weighted by atomic mass is 10.0. The van der Waals surface area contributed by atoms with E-state index in [-0.39, 0.29) is 42.8 Å². The first-order valence-corrected chi connectivity index (χ1v) is 19.4. The predicted molar refractivity (Wildman–Crippen MR) is 208 cm³/mol. The Balaban J connectivity index is 0.856. The summed E-state index contributed by atoms with van der Waals surface area (Å²) in [4.78, 5) is 74.1. The van der Waals surface area contributed by atoms with Crippen LogP contribution in [0.15, 0.2) is 53.8 Å². The van der Waals surface area contributed by atoms with E-state index in [0.717, 1.165) is 23.3 Å². The Bertz CT molecular complexity index is 1940. The van der Waals surface area contributed by atoms with Gasteiger partial charge in [0.25, 0.3) is 11.8 Å². The van der Waals surface area contributed by atoms with Gasteiger partial charge in [-0.2, -0.15) is 5.10 Å². The smallest absolute Gasteiger partial charge is 0.264 e. The zero-order valence-corrected chi connectivity index (χ0v) is 32.6. The number of hydrazone groups is 1. The largest absolute Gasteiger partial charge is 0.491 e. The minimum absolute atomic E-state index is 0.0461. The lowest BCUT2D eigenvalue weighted by Gasteiger charge is -2.27. The van der Waals surface area contributed by atoms with E-state index in [2.05, 4.69) is 31.5 Å². The Kier molecular flexibility index (Phi) is 17.4. The number of ether oxygens (including phenoxy) is 4. The molecule has 316 valence electrons. The zero-order valence-electron chi connectivity index (χ0n) is 32.6.